The van der Waals surface area contributed by atoms with Gasteiger partial charge in [0.05, 0.1) is 18.5 Å². The van der Waals surface area contributed by atoms with Crippen LogP contribution in [0.15, 0.2) is 40.8 Å². The van der Waals surface area contributed by atoms with Crippen molar-refractivity contribution in [2.24, 2.45) is 11.8 Å². The second kappa shape index (κ2) is 6.72. The first-order valence-corrected chi connectivity index (χ1v) is 9.28. The first kappa shape index (κ1) is 17.0. The monoisotopic (exact) mass is 352 g/mol. The first-order valence-electron chi connectivity index (χ1n) is 9.28. The van der Waals surface area contributed by atoms with Crippen molar-refractivity contribution < 1.29 is 14.0 Å². The van der Waals surface area contributed by atoms with E-state index in [-0.39, 0.29) is 23.7 Å². The van der Waals surface area contributed by atoms with E-state index in [0.717, 1.165) is 28.7 Å². The Labute approximate surface area is 153 Å². The van der Waals surface area contributed by atoms with Gasteiger partial charge in [0.15, 0.2) is 0 Å². The number of amides is 2. The standard InChI is InChI=1S/C21H24N2O3/c1-3-18-17(14-8-6-7-11-19(14)26-18)12-22(2)13-23-20(24)15-9-4-5-10-16(15)21(23)25/h4-8,11,15-16H,3,9-10,12-13H2,1-2H3/t15-,16-/m0/s1. The van der Waals surface area contributed by atoms with E-state index in [4.69, 9.17) is 4.42 Å². The summed E-state index contributed by atoms with van der Waals surface area (Å²) >= 11 is 0. The van der Waals surface area contributed by atoms with Crippen molar-refractivity contribution in [2.45, 2.75) is 32.7 Å². The third kappa shape index (κ3) is 2.76. The molecule has 0 bridgehead atoms. The van der Waals surface area contributed by atoms with Crippen LogP contribution >= 0.6 is 0 Å². The Hall–Kier alpha value is -2.40. The van der Waals surface area contributed by atoms with Gasteiger partial charge in [-0.2, -0.15) is 0 Å². The third-order valence-corrected chi connectivity index (χ3v) is 5.51. The van der Waals surface area contributed by atoms with Crippen LogP contribution in [0.4, 0.5) is 0 Å². The Morgan fingerprint density at radius 1 is 1.12 bits per heavy atom. The molecule has 2 amide bonds. The fourth-order valence-electron chi connectivity index (χ4n) is 4.18. The van der Waals surface area contributed by atoms with Crippen molar-refractivity contribution in [1.29, 1.82) is 0 Å². The molecule has 2 atom stereocenters. The molecule has 26 heavy (non-hydrogen) atoms. The summed E-state index contributed by atoms with van der Waals surface area (Å²) in [6.45, 7) is 3.05. The number of carbonyl (C=O) groups is 2. The zero-order valence-corrected chi connectivity index (χ0v) is 15.3. The second-order valence-electron chi connectivity index (χ2n) is 7.27. The number of hydrogen-bond donors (Lipinski definition) is 0. The lowest BCUT2D eigenvalue weighted by Gasteiger charge is -2.23. The van der Waals surface area contributed by atoms with Crippen LogP contribution in [0.2, 0.25) is 0 Å². The van der Waals surface area contributed by atoms with E-state index in [2.05, 4.69) is 13.0 Å². The molecule has 5 heteroatoms. The quantitative estimate of drug-likeness (QED) is 0.612. The van der Waals surface area contributed by atoms with Gasteiger partial charge >= 0.3 is 0 Å². The molecule has 0 unspecified atom stereocenters. The van der Waals surface area contributed by atoms with Crippen LogP contribution in [0.3, 0.4) is 0 Å². The predicted molar refractivity (Wildman–Crippen MR) is 99.1 cm³/mol. The number of furan rings is 1. The molecule has 1 aromatic carbocycles. The zero-order chi connectivity index (χ0) is 18.3. The maximum atomic E-state index is 12.6. The summed E-state index contributed by atoms with van der Waals surface area (Å²) in [5, 5.41) is 1.10. The molecule has 1 aromatic heterocycles. The normalized spacial score (nSPS) is 22.7. The molecule has 1 fully saturated rings. The minimum Gasteiger partial charge on any atom is -0.461 e. The van der Waals surface area contributed by atoms with Gasteiger partial charge in [0.2, 0.25) is 11.8 Å². The smallest absolute Gasteiger partial charge is 0.234 e. The number of carbonyl (C=O) groups excluding carboxylic acids is 2. The topological polar surface area (TPSA) is 53.8 Å². The molecule has 0 spiro atoms. The third-order valence-electron chi connectivity index (χ3n) is 5.51. The molecule has 0 N–H and O–H groups in total. The first-order chi connectivity index (χ1) is 12.6. The van der Waals surface area contributed by atoms with Gasteiger partial charge in [-0.05, 0) is 26.0 Å². The van der Waals surface area contributed by atoms with E-state index in [1.54, 1.807) is 0 Å². The van der Waals surface area contributed by atoms with Crippen LogP contribution in [-0.4, -0.2) is 35.3 Å². The lowest BCUT2D eigenvalue weighted by Crippen LogP contribution is -2.40. The average molecular weight is 352 g/mol. The fraction of sp³-hybridized carbons (Fsp3) is 0.429. The maximum absolute atomic E-state index is 12.6. The largest absolute Gasteiger partial charge is 0.461 e. The maximum Gasteiger partial charge on any atom is 0.234 e. The van der Waals surface area contributed by atoms with Crippen molar-refractivity contribution in [1.82, 2.24) is 9.80 Å². The number of nitrogens with zero attached hydrogens (tertiary/aromatic N) is 2. The SMILES string of the molecule is CCc1oc2ccccc2c1CN(C)CN1C(=O)[C@H]2CC=CC[C@@H]2C1=O. The van der Waals surface area contributed by atoms with Gasteiger partial charge in [0.1, 0.15) is 11.3 Å². The summed E-state index contributed by atoms with van der Waals surface area (Å²) in [4.78, 5) is 28.8. The van der Waals surface area contributed by atoms with E-state index in [1.807, 2.05) is 42.3 Å². The van der Waals surface area contributed by atoms with Crippen molar-refractivity contribution in [3.05, 3.63) is 47.7 Å². The van der Waals surface area contributed by atoms with Gasteiger partial charge in [0.25, 0.3) is 0 Å². The summed E-state index contributed by atoms with van der Waals surface area (Å²) in [6, 6.07) is 8.01. The number of aryl methyl sites for hydroxylation is 1. The van der Waals surface area contributed by atoms with Crippen LogP contribution in [0.1, 0.15) is 31.1 Å². The highest BCUT2D eigenvalue weighted by Gasteiger charge is 2.47. The van der Waals surface area contributed by atoms with Crippen LogP contribution in [0.25, 0.3) is 11.0 Å². The van der Waals surface area contributed by atoms with Gasteiger partial charge in [-0.15, -0.1) is 0 Å². The molecular weight excluding hydrogens is 328 g/mol. The second-order valence-corrected chi connectivity index (χ2v) is 7.27. The molecule has 1 saturated heterocycles. The fourth-order valence-corrected chi connectivity index (χ4v) is 4.18. The molecule has 0 radical (unpaired) electrons. The van der Waals surface area contributed by atoms with E-state index < -0.39 is 0 Å². The van der Waals surface area contributed by atoms with E-state index in [9.17, 15) is 9.59 Å². The number of likely N-dealkylation sites (tertiary alicyclic amines) is 1. The van der Waals surface area contributed by atoms with Crippen LogP contribution in [0.5, 0.6) is 0 Å². The van der Waals surface area contributed by atoms with Crippen LogP contribution in [0, 0.1) is 11.8 Å². The van der Waals surface area contributed by atoms with Gasteiger partial charge < -0.3 is 4.42 Å². The van der Waals surface area contributed by atoms with E-state index >= 15 is 0 Å². The van der Waals surface area contributed by atoms with Crippen molar-refractivity contribution >= 4 is 22.8 Å². The van der Waals surface area contributed by atoms with Gasteiger partial charge in [-0.25, -0.2) is 0 Å². The Morgan fingerprint density at radius 2 is 1.77 bits per heavy atom. The highest BCUT2D eigenvalue weighted by molar-refractivity contribution is 6.05. The Bertz CT molecular complexity index is 857. The number of rotatable bonds is 5. The highest BCUT2D eigenvalue weighted by atomic mass is 16.3. The van der Waals surface area contributed by atoms with Gasteiger partial charge in [-0.1, -0.05) is 37.3 Å². The molecule has 0 saturated carbocycles. The molecule has 5 nitrogen and oxygen atoms in total. The Kier molecular flexibility index (Phi) is 4.41. The minimum absolute atomic E-state index is 0.0241. The highest BCUT2D eigenvalue weighted by Crippen LogP contribution is 2.35. The van der Waals surface area contributed by atoms with E-state index in [1.165, 1.54) is 4.90 Å². The summed E-state index contributed by atoms with van der Waals surface area (Å²) in [5.41, 5.74) is 2.03. The Morgan fingerprint density at radius 3 is 2.42 bits per heavy atom. The van der Waals surface area contributed by atoms with Crippen molar-refractivity contribution in [3.63, 3.8) is 0 Å². The predicted octanol–water partition coefficient (Wildman–Crippen LogP) is 3.34. The zero-order valence-electron chi connectivity index (χ0n) is 15.3. The van der Waals surface area contributed by atoms with Crippen molar-refractivity contribution in [2.75, 3.05) is 13.7 Å². The average Bonchev–Trinajstić information content (AvgIpc) is 3.13. The lowest BCUT2D eigenvalue weighted by molar-refractivity contribution is -0.142. The van der Waals surface area contributed by atoms with Crippen LogP contribution < -0.4 is 0 Å². The number of para-hydroxylation sites is 1. The molecule has 136 valence electrons. The summed E-state index contributed by atoms with van der Waals surface area (Å²) in [6.07, 6.45) is 6.22. The molecule has 2 heterocycles. The molecule has 1 aliphatic carbocycles. The number of benzene rings is 1. The molecule has 2 aliphatic rings. The number of allylic oxidation sites excluding steroid dienone is 2. The molecule has 1 aliphatic heterocycles. The number of hydrogen-bond acceptors (Lipinski definition) is 4. The van der Waals surface area contributed by atoms with Crippen molar-refractivity contribution in [3.8, 4) is 0 Å². The van der Waals surface area contributed by atoms with E-state index in [0.29, 0.717) is 26.1 Å². The lowest BCUT2D eigenvalue weighted by atomic mass is 9.85. The van der Waals surface area contributed by atoms with Gasteiger partial charge in [-0.3, -0.25) is 19.4 Å². The Balaban J connectivity index is 1.52. The number of imide groups is 1. The number of fused-ring (bicyclic) bond motifs is 2. The minimum atomic E-state index is -0.165. The molecule has 4 rings (SSSR count). The summed E-state index contributed by atoms with van der Waals surface area (Å²) in [5.74, 6) is 0.589. The molecular formula is C21H24N2O3. The van der Waals surface area contributed by atoms with Crippen LogP contribution in [-0.2, 0) is 22.6 Å². The molecule has 2 aromatic rings. The summed E-state index contributed by atoms with van der Waals surface area (Å²) in [7, 11) is 1.95. The van der Waals surface area contributed by atoms with Gasteiger partial charge in [0, 0.05) is 23.9 Å². The summed E-state index contributed by atoms with van der Waals surface area (Å²) < 4.78 is 5.96.